The lowest BCUT2D eigenvalue weighted by molar-refractivity contribution is -0.117. The first-order chi connectivity index (χ1) is 6.63. The summed E-state index contributed by atoms with van der Waals surface area (Å²) < 4.78 is 0. The van der Waals surface area contributed by atoms with E-state index in [4.69, 9.17) is 0 Å². The number of rotatable bonds is 3. The van der Waals surface area contributed by atoms with Crippen molar-refractivity contribution in [3.05, 3.63) is 12.7 Å². The van der Waals surface area contributed by atoms with Gasteiger partial charge in [0.2, 0.25) is 5.91 Å². The molecule has 0 spiro atoms. The first kappa shape index (κ1) is 11.2. The van der Waals surface area contributed by atoms with Crippen LogP contribution in [0.15, 0.2) is 12.7 Å². The third-order valence-corrected chi connectivity index (χ3v) is 2.91. The number of amides is 1. The van der Waals surface area contributed by atoms with Crippen molar-refractivity contribution in [2.45, 2.75) is 37.8 Å². The molecule has 0 radical (unpaired) electrons. The van der Waals surface area contributed by atoms with Gasteiger partial charge in [0.05, 0.1) is 0 Å². The average molecular weight is 196 g/mol. The number of nitrogens with zero attached hydrogens (tertiary/aromatic N) is 1. The molecule has 80 valence electrons. The Kier molecular flexibility index (Phi) is 4.14. The number of hydrogen-bond donors (Lipinski definition) is 1. The molecule has 1 aliphatic rings. The maximum absolute atomic E-state index is 11.1. The monoisotopic (exact) mass is 196 g/mol. The minimum atomic E-state index is -0.0468. The lowest BCUT2D eigenvalue weighted by Gasteiger charge is -2.33. The summed E-state index contributed by atoms with van der Waals surface area (Å²) in [4.78, 5) is 13.4. The molecule has 0 aromatic carbocycles. The Labute approximate surface area is 86.2 Å². The fourth-order valence-electron chi connectivity index (χ4n) is 2.02. The van der Waals surface area contributed by atoms with Gasteiger partial charge in [-0.2, -0.15) is 0 Å². The first-order valence-corrected chi connectivity index (χ1v) is 5.23. The Morgan fingerprint density at radius 2 is 2.21 bits per heavy atom. The van der Waals surface area contributed by atoms with Gasteiger partial charge in [-0.1, -0.05) is 6.58 Å². The van der Waals surface area contributed by atoms with E-state index in [0.29, 0.717) is 12.1 Å². The zero-order chi connectivity index (χ0) is 10.6. The standard InChI is InChI=1S/C11H20N2O/c1-4-11(14)12-9-6-5-7-10(8-9)13(2)3/h4,9-10H,1,5-8H2,2-3H3,(H,12,14). The van der Waals surface area contributed by atoms with Crippen LogP contribution in [0.4, 0.5) is 0 Å². The topological polar surface area (TPSA) is 32.3 Å². The normalized spacial score (nSPS) is 27.4. The van der Waals surface area contributed by atoms with Crippen LogP contribution < -0.4 is 5.32 Å². The molecule has 0 saturated heterocycles. The van der Waals surface area contributed by atoms with Crippen molar-refractivity contribution in [1.29, 1.82) is 0 Å². The summed E-state index contributed by atoms with van der Waals surface area (Å²) in [7, 11) is 4.20. The smallest absolute Gasteiger partial charge is 0.243 e. The van der Waals surface area contributed by atoms with Gasteiger partial charge in [0, 0.05) is 12.1 Å². The zero-order valence-electron chi connectivity index (χ0n) is 9.12. The second kappa shape index (κ2) is 5.15. The molecule has 1 saturated carbocycles. The van der Waals surface area contributed by atoms with Crippen molar-refractivity contribution in [3.8, 4) is 0 Å². The summed E-state index contributed by atoms with van der Waals surface area (Å²) >= 11 is 0. The Hall–Kier alpha value is -0.830. The zero-order valence-corrected chi connectivity index (χ0v) is 9.12. The molecule has 1 fully saturated rings. The van der Waals surface area contributed by atoms with Crippen molar-refractivity contribution in [2.75, 3.05) is 14.1 Å². The SMILES string of the molecule is C=CC(=O)NC1CCCC(N(C)C)C1. The summed E-state index contributed by atoms with van der Waals surface area (Å²) in [5.74, 6) is -0.0468. The second-order valence-corrected chi connectivity index (χ2v) is 4.19. The molecule has 1 amide bonds. The number of carbonyl (C=O) groups is 1. The number of carbonyl (C=O) groups excluding carboxylic acids is 1. The van der Waals surface area contributed by atoms with Crippen LogP contribution in [-0.2, 0) is 4.79 Å². The Bertz CT molecular complexity index is 213. The van der Waals surface area contributed by atoms with Crippen molar-refractivity contribution in [3.63, 3.8) is 0 Å². The van der Waals surface area contributed by atoms with Gasteiger partial charge < -0.3 is 10.2 Å². The Balaban J connectivity index is 2.39. The van der Waals surface area contributed by atoms with Crippen LogP contribution in [0.5, 0.6) is 0 Å². The van der Waals surface area contributed by atoms with E-state index < -0.39 is 0 Å². The van der Waals surface area contributed by atoms with Crippen LogP contribution in [0.2, 0.25) is 0 Å². The van der Waals surface area contributed by atoms with E-state index in [-0.39, 0.29) is 5.91 Å². The molecule has 1 N–H and O–H groups in total. The third-order valence-electron chi connectivity index (χ3n) is 2.91. The molecule has 0 aromatic heterocycles. The summed E-state index contributed by atoms with van der Waals surface area (Å²) in [5.41, 5.74) is 0. The highest BCUT2D eigenvalue weighted by Gasteiger charge is 2.23. The van der Waals surface area contributed by atoms with Gasteiger partial charge in [-0.05, 0) is 45.9 Å². The summed E-state index contributed by atoms with van der Waals surface area (Å²) in [6.07, 6.45) is 5.95. The molecule has 3 heteroatoms. The highest BCUT2D eigenvalue weighted by molar-refractivity contribution is 5.87. The van der Waals surface area contributed by atoms with Crippen LogP contribution in [0.25, 0.3) is 0 Å². The quantitative estimate of drug-likeness (QED) is 0.687. The Morgan fingerprint density at radius 1 is 1.50 bits per heavy atom. The lowest BCUT2D eigenvalue weighted by atomic mass is 9.90. The van der Waals surface area contributed by atoms with Gasteiger partial charge in [0.1, 0.15) is 0 Å². The van der Waals surface area contributed by atoms with E-state index in [0.717, 1.165) is 12.8 Å². The summed E-state index contributed by atoms with van der Waals surface area (Å²) in [6.45, 7) is 3.46. The van der Waals surface area contributed by atoms with Crippen LogP contribution in [0.1, 0.15) is 25.7 Å². The Morgan fingerprint density at radius 3 is 2.79 bits per heavy atom. The third kappa shape index (κ3) is 3.14. The van der Waals surface area contributed by atoms with E-state index in [1.54, 1.807) is 0 Å². The van der Waals surface area contributed by atoms with Gasteiger partial charge in [-0.15, -0.1) is 0 Å². The second-order valence-electron chi connectivity index (χ2n) is 4.19. The van der Waals surface area contributed by atoms with Gasteiger partial charge >= 0.3 is 0 Å². The fraction of sp³-hybridized carbons (Fsp3) is 0.727. The van der Waals surface area contributed by atoms with Gasteiger partial charge in [0.25, 0.3) is 0 Å². The van der Waals surface area contributed by atoms with Crippen LogP contribution in [-0.4, -0.2) is 37.0 Å². The maximum Gasteiger partial charge on any atom is 0.243 e. The fourth-order valence-corrected chi connectivity index (χ4v) is 2.02. The van der Waals surface area contributed by atoms with Gasteiger partial charge in [-0.3, -0.25) is 4.79 Å². The maximum atomic E-state index is 11.1. The van der Waals surface area contributed by atoms with Crippen molar-refractivity contribution >= 4 is 5.91 Å². The van der Waals surface area contributed by atoms with E-state index in [1.807, 2.05) is 0 Å². The van der Waals surface area contributed by atoms with Crippen molar-refractivity contribution < 1.29 is 4.79 Å². The van der Waals surface area contributed by atoms with Crippen LogP contribution in [0.3, 0.4) is 0 Å². The summed E-state index contributed by atoms with van der Waals surface area (Å²) in [5, 5.41) is 2.97. The summed E-state index contributed by atoms with van der Waals surface area (Å²) in [6, 6.07) is 0.945. The highest BCUT2D eigenvalue weighted by atomic mass is 16.1. The van der Waals surface area contributed by atoms with Crippen molar-refractivity contribution in [1.82, 2.24) is 10.2 Å². The molecule has 2 unspecified atom stereocenters. The molecule has 0 aromatic rings. The molecule has 0 bridgehead atoms. The van der Waals surface area contributed by atoms with Crippen molar-refractivity contribution in [2.24, 2.45) is 0 Å². The molecule has 2 atom stereocenters. The molecule has 14 heavy (non-hydrogen) atoms. The van der Waals surface area contributed by atoms with E-state index in [1.165, 1.54) is 18.9 Å². The number of hydrogen-bond acceptors (Lipinski definition) is 2. The highest BCUT2D eigenvalue weighted by Crippen LogP contribution is 2.21. The molecular formula is C11H20N2O. The first-order valence-electron chi connectivity index (χ1n) is 5.23. The molecule has 3 nitrogen and oxygen atoms in total. The lowest BCUT2D eigenvalue weighted by Crippen LogP contribution is -2.43. The minimum absolute atomic E-state index is 0.0468. The van der Waals surface area contributed by atoms with E-state index in [2.05, 4.69) is 30.9 Å². The molecule has 1 aliphatic carbocycles. The van der Waals surface area contributed by atoms with E-state index in [9.17, 15) is 4.79 Å². The molecule has 1 rings (SSSR count). The van der Waals surface area contributed by atoms with Crippen LogP contribution >= 0.6 is 0 Å². The number of nitrogens with one attached hydrogen (secondary N) is 1. The van der Waals surface area contributed by atoms with E-state index >= 15 is 0 Å². The van der Waals surface area contributed by atoms with Gasteiger partial charge in [0.15, 0.2) is 0 Å². The van der Waals surface area contributed by atoms with Gasteiger partial charge in [-0.25, -0.2) is 0 Å². The minimum Gasteiger partial charge on any atom is -0.350 e. The average Bonchev–Trinajstić information content (AvgIpc) is 2.18. The van der Waals surface area contributed by atoms with Crippen LogP contribution in [0, 0.1) is 0 Å². The largest absolute Gasteiger partial charge is 0.350 e. The predicted molar refractivity (Wildman–Crippen MR) is 58.1 cm³/mol. The molecule has 0 aliphatic heterocycles. The molecular weight excluding hydrogens is 176 g/mol. The molecule has 0 heterocycles. The predicted octanol–water partition coefficient (Wildman–Crippen LogP) is 1.16.